The molecule has 0 aliphatic rings. The van der Waals surface area contributed by atoms with Gasteiger partial charge in [-0.3, -0.25) is 0 Å². The molecule has 0 saturated heterocycles. The molecule has 2 radical (unpaired) electrons. The highest BCUT2D eigenvalue weighted by molar-refractivity contribution is 6.59. The minimum atomic E-state index is 0.819. The lowest BCUT2D eigenvalue weighted by Gasteiger charge is -2.04. The van der Waals surface area contributed by atoms with Gasteiger partial charge in [0.15, 0.2) is 0 Å². The van der Waals surface area contributed by atoms with E-state index >= 15 is 0 Å². The number of hydrogen-bond donors (Lipinski definition) is 0. The van der Waals surface area contributed by atoms with Crippen molar-refractivity contribution in [1.82, 2.24) is 0 Å². The van der Waals surface area contributed by atoms with Gasteiger partial charge in [-0.2, -0.15) is 0 Å². The van der Waals surface area contributed by atoms with Crippen LogP contribution in [-0.2, 0) is 0 Å². The normalized spacial score (nSPS) is 10.9. The summed E-state index contributed by atoms with van der Waals surface area (Å²) in [6.45, 7) is 6.43. The smallest absolute Gasteiger partial charge is 0.0976 e. The topological polar surface area (TPSA) is 0 Å². The third-order valence-electron chi connectivity index (χ3n) is 2.01. The summed E-state index contributed by atoms with van der Waals surface area (Å²) in [5.74, 6) is 0. The predicted octanol–water partition coefficient (Wildman–Crippen LogP) is 2.17. The van der Waals surface area contributed by atoms with Gasteiger partial charge in [0.05, 0.1) is 0 Å². The Morgan fingerprint density at radius 2 is 2.00 bits per heavy atom. The molecule has 0 nitrogen and oxygen atoms in total. The first-order valence-corrected chi connectivity index (χ1v) is 5.27. The number of hydrogen-bond acceptors (Lipinski definition) is 0. The third-order valence-corrected chi connectivity index (χ3v) is 3.36. The van der Waals surface area contributed by atoms with Crippen molar-refractivity contribution in [3.8, 4) is 0 Å². The fourth-order valence-electron chi connectivity index (χ4n) is 1.08. The molecular formula is C11H14Si. The van der Waals surface area contributed by atoms with E-state index in [-0.39, 0.29) is 0 Å². The number of benzene rings is 1. The second-order valence-corrected chi connectivity index (χ2v) is 4.05. The van der Waals surface area contributed by atoms with Crippen LogP contribution in [0.5, 0.6) is 0 Å². The molecule has 0 bridgehead atoms. The number of allylic oxidation sites excluding steroid dienone is 1. The molecule has 0 atom stereocenters. The molecule has 0 spiro atoms. The highest BCUT2D eigenvalue weighted by Gasteiger charge is 1.97. The van der Waals surface area contributed by atoms with Crippen molar-refractivity contribution >= 4 is 14.7 Å². The van der Waals surface area contributed by atoms with Crippen LogP contribution in [0, 0.1) is 13.8 Å². The van der Waals surface area contributed by atoms with Crippen LogP contribution in [0.2, 0.25) is 0 Å². The summed E-state index contributed by atoms with van der Waals surface area (Å²) in [6.07, 6.45) is 2.11. The van der Waals surface area contributed by atoms with Gasteiger partial charge in [0.1, 0.15) is 9.52 Å². The lowest BCUT2D eigenvalue weighted by atomic mass is 10.1. The Kier molecular flexibility index (Phi) is 3.29. The van der Waals surface area contributed by atoms with Crippen LogP contribution in [0.25, 0.3) is 0 Å². The Balaban J connectivity index is 2.92. The minimum absolute atomic E-state index is 0.819. The molecule has 0 heterocycles. The van der Waals surface area contributed by atoms with Gasteiger partial charge >= 0.3 is 0 Å². The Bertz CT molecular complexity index is 287. The summed E-state index contributed by atoms with van der Waals surface area (Å²) < 4.78 is 0. The molecule has 0 fully saturated rings. The lowest BCUT2D eigenvalue weighted by molar-refractivity contribution is 1.37. The largest absolute Gasteiger partial charge is 0.111 e. The summed E-state index contributed by atoms with van der Waals surface area (Å²) in [5.41, 5.74) is 5.06. The third kappa shape index (κ3) is 2.08. The quantitative estimate of drug-likeness (QED) is 0.603. The summed E-state index contributed by atoms with van der Waals surface area (Å²) in [5, 5.41) is 1.47. The van der Waals surface area contributed by atoms with Crippen LogP contribution in [0.4, 0.5) is 0 Å². The van der Waals surface area contributed by atoms with Gasteiger partial charge < -0.3 is 0 Å². The molecule has 1 rings (SSSR count). The maximum atomic E-state index is 2.22. The van der Waals surface area contributed by atoms with Gasteiger partial charge in [-0.25, -0.2) is 0 Å². The Morgan fingerprint density at radius 3 is 2.67 bits per heavy atom. The fraction of sp³-hybridized carbons (Fsp3) is 0.273. The second-order valence-electron chi connectivity index (χ2n) is 2.89. The van der Waals surface area contributed by atoms with Crippen molar-refractivity contribution in [1.29, 1.82) is 0 Å². The summed E-state index contributed by atoms with van der Waals surface area (Å²) in [4.78, 5) is 0. The zero-order chi connectivity index (χ0) is 8.97. The van der Waals surface area contributed by atoms with E-state index in [9.17, 15) is 0 Å². The zero-order valence-electron chi connectivity index (χ0n) is 7.89. The fourth-order valence-corrected chi connectivity index (χ4v) is 2.03. The van der Waals surface area contributed by atoms with Gasteiger partial charge in [-0.1, -0.05) is 35.2 Å². The summed E-state index contributed by atoms with van der Waals surface area (Å²) in [6, 6.07) is 6.51. The van der Waals surface area contributed by atoms with E-state index in [1.165, 1.54) is 16.3 Å². The monoisotopic (exact) mass is 174 g/mol. The average Bonchev–Trinajstić information content (AvgIpc) is 2.08. The molecule has 0 saturated carbocycles. The Morgan fingerprint density at radius 1 is 1.25 bits per heavy atom. The molecule has 1 aromatic rings. The van der Waals surface area contributed by atoms with Crippen LogP contribution < -0.4 is 5.19 Å². The van der Waals surface area contributed by atoms with Gasteiger partial charge in [-0.05, 0) is 31.9 Å². The summed E-state index contributed by atoms with van der Waals surface area (Å²) >= 11 is 0. The number of rotatable bonds is 2. The van der Waals surface area contributed by atoms with Crippen LogP contribution in [0.3, 0.4) is 0 Å². The Labute approximate surface area is 77.1 Å². The molecule has 1 heteroatoms. The van der Waals surface area contributed by atoms with Crippen molar-refractivity contribution in [3.05, 3.63) is 41.1 Å². The molecule has 12 heavy (non-hydrogen) atoms. The lowest BCUT2D eigenvalue weighted by Crippen LogP contribution is -2.16. The van der Waals surface area contributed by atoms with Crippen molar-refractivity contribution < 1.29 is 0 Å². The first kappa shape index (κ1) is 9.27. The van der Waals surface area contributed by atoms with Crippen molar-refractivity contribution in [2.24, 2.45) is 0 Å². The van der Waals surface area contributed by atoms with E-state index in [0.29, 0.717) is 0 Å². The van der Waals surface area contributed by atoms with E-state index in [1.807, 2.05) is 0 Å². The highest BCUT2D eigenvalue weighted by Crippen LogP contribution is 2.01. The summed E-state index contributed by atoms with van der Waals surface area (Å²) in [7, 11) is 0.819. The molecule has 1 aromatic carbocycles. The molecule has 0 aliphatic carbocycles. The van der Waals surface area contributed by atoms with E-state index in [4.69, 9.17) is 0 Å². The van der Waals surface area contributed by atoms with E-state index < -0.39 is 0 Å². The zero-order valence-corrected chi connectivity index (χ0v) is 8.89. The first-order chi connectivity index (χ1) is 5.75. The standard InChI is InChI=1S/C11H14Si/c1-4-8-12-11-7-5-6-9(2)10(11)3/h4-8H,1-3H3. The molecule has 0 N–H and O–H groups in total. The maximum absolute atomic E-state index is 2.22. The molecule has 0 aromatic heterocycles. The van der Waals surface area contributed by atoms with Gasteiger partial charge in [-0.15, -0.1) is 0 Å². The van der Waals surface area contributed by atoms with Crippen molar-refractivity contribution in [2.45, 2.75) is 20.8 Å². The second kappa shape index (κ2) is 4.26. The molecule has 0 unspecified atom stereocenters. The predicted molar refractivity (Wildman–Crippen MR) is 56.1 cm³/mol. The average molecular weight is 174 g/mol. The molecule has 62 valence electrons. The van der Waals surface area contributed by atoms with Gasteiger partial charge in [0, 0.05) is 0 Å². The van der Waals surface area contributed by atoms with Crippen LogP contribution >= 0.6 is 0 Å². The van der Waals surface area contributed by atoms with E-state index in [2.05, 4.69) is 50.7 Å². The SMILES string of the molecule is CC=C[Si]c1cccc(C)c1C. The van der Waals surface area contributed by atoms with Crippen molar-refractivity contribution in [3.63, 3.8) is 0 Å². The number of aryl methyl sites for hydroxylation is 1. The first-order valence-electron chi connectivity index (χ1n) is 4.19. The van der Waals surface area contributed by atoms with Crippen LogP contribution in [0.1, 0.15) is 18.1 Å². The minimum Gasteiger partial charge on any atom is -0.0976 e. The van der Waals surface area contributed by atoms with Crippen molar-refractivity contribution in [2.75, 3.05) is 0 Å². The molecule has 0 aliphatic heterocycles. The van der Waals surface area contributed by atoms with Gasteiger partial charge in [0.25, 0.3) is 0 Å². The highest BCUT2D eigenvalue weighted by atomic mass is 28.2. The Hall–Kier alpha value is -0.823. The van der Waals surface area contributed by atoms with E-state index in [1.54, 1.807) is 0 Å². The maximum Gasteiger partial charge on any atom is 0.111 e. The molecular weight excluding hydrogens is 160 g/mol. The van der Waals surface area contributed by atoms with Crippen LogP contribution in [0.15, 0.2) is 30.0 Å². The van der Waals surface area contributed by atoms with E-state index in [0.717, 1.165) is 9.52 Å². The van der Waals surface area contributed by atoms with Gasteiger partial charge in [0.2, 0.25) is 0 Å². The molecule has 0 amide bonds. The van der Waals surface area contributed by atoms with Crippen LogP contribution in [-0.4, -0.2) is 9.52 Å².